The number of primary amides is 1. The van der Waals surface area contributed by atoms with Crippen LogP contribution in [0.5, 0.6) is 0 Å². The van der Waals surface area contributed by atoms with Crippen LogP contribution in [0.15, 0.2) is 18.2 Å². The number of amides is 2. The van der Waals surface area contributed by atoms with Gasteiger partial charge in [0.15, 0.2) is 0 Å². The molecule has 1 fully saturated rings. The van der Waals surface area contributed by atoms with Gasteiger partial charge in [0, 0.05) is 29.8 Å². The topological polar surface area (TPSA) is 101 Å². The molecule has 23 heavy (non-hydrogen) atoms. The number of hydrogen-bond acceptors (Lipinski definition) is 4. The molecule has 2 atom stereocenters. The highest BCUT2D eigenvalue weighted by atomic mass is 16.2. The molecule has 1 aromatic carbocycles. The minimum Gasteiger partial charge on any atom is -0.366 e. The third kappa shape index (κ3) is 4.77. The number of nitrogens with zero attached hydrogens (tertiary/aromatic N) is 1. The maximum absolute atomic E-state index is 12.5. The summed E-state index contributed by atoms with van der Waals surface area (Å²) in [5.74, 6) is -0.596. The van der Waals surface area contributed by atoms with Crippen molar-refractivity contribution < 1.29 is 9.59 Å². The second-order valence-electron chi connectivity index (χ2n) is 6.59. The van der Waals surface area contributed by atoms with Gasteiger partial charge < -0.3 is 21.7 Å². The molecule has 2 unspecified atom stereocenters. The molecule has 5 N–H and O–H groups in total. The van der Waals surface area contributed by atoms with E-state index in [9.17, 15) is 9.59 Å². The van der Waals surface area contributed by atoms with Crippen molar-refractivity contribution in [2.45, 2.75) is 38.3 Å². The highest BCUT2D eigenvalue weighted by molar-refractivity contribution is 5.97. The largest absolute Gasteiger partial charge is 0.366 e. The van der Waals surface area contributed by atoms with Gasteiger partial charge in [-0.1, -0.05) is 12.5 Å². The van der Waals surface area contributed by atoms with Crippen molar-refractivity contribution in [3.05, 3.63) is 29.3 Å². The van der Waals surface area contributed by atoms with Gasteiger partial charge >= 0.3 is 0 Å². The van der Waals surface area contributed by atoms with E-state index in [1.165, 1.54) is 0 Å². The molecular formula is C17H26N4O2. The minimum absolute atomic E-state index is 0.0261. The highest BCUT2D eigenvalue weighted by Crippen LogP contribution is 2.26. The van der Waals surface area contributed by atoms with Gasteiger partial charge in [0.2, 0.25) is 11.8 Å². The van der Waals surface area contributed by atoms with E-state index in [0.29, 0.717) is 24.2 Å². The normalized spacial score (nSPS) is 21.2. The zero-order valence-corrected chi connectivity index (χ0v) is 13.8. The Morgan fingerprint density at radius 1 is 1.30 bits per heavy atom. The molecule has 0 aliphatic heterocycles. The van der Waals surface area contributed by atoms with Crippen molar-refractivity contribution in [1.29, 1.82) is 0 Å². The number of nitrogens with two attached hydrogens (primary N) is 2. The third-order valence-electron chi connectivity index (χ3n) is 4.22. The summed E-state index contributed by atoms with van der Waals surface area (Å²) in [6, 6.07) is 5.27. The lowest BCUT2D eigenvalue weighted by molar-refractivity contribution is -0.120. The first-order valence-electron chi connectivity index (χ1n) is 8.00. The highest BCUT2D eigenvalue weighted by Gasteiger charge is 2.26. The van der Waals surface area contributed by atoms with Crippen molar-refractivity contribution in [1.82, 2.24) is 4.90 Å². The number of nitrogens with one attached hydrogen (secondary N) is 1. The Morgan fingerprint density at radius 3 is 2.65 bits per heavy atom. The molecule has 6 heteroatoms. The minimum atomic E-state index is -0.503. The first-order chi connectivity index (χ1) is 10.9. The molecule has 1 saturated carbocycles. The quantitative estimate of drug-likeness (QED) is 0.761. The lowest BCUT2D eigenvalue weighted by Crippen LogP contribution is -2.34. The summed E-state index contributed by atoms with van der Waals surface area (Å²) in [6.45, 7) is 0.666. The molecule has 6 nitrogen and oxygen atoms in total. The SMILES string of the molecule is CN(C)Cc1ccc(C(N)=O)cc1NC(=O)C1CCCC(N)C1. The van der Waals surface area contributed by atoms with Gasteiger partial charge in [-0.25, -0.2) is 0 Å². The van der Waals surface area contributed by atoms with Gasteiger partial charge in [0.1, 0.15) is 0 Å². The summed E-state index contributed by atoms with van der Waals surface area (Å²) < 4.78 is 0. The fraction of sp³-hybridized carbons (Fsp3) is 0.529. The Kier molecular flexibility index (Phi) is 5.74. The van der Waals surface area contributed by atoms with E-state index in [0.717, 1.165) is 24.8 Å². The van der Waals surface area contributed by atoms with E-state index in [1.54, 1.807) is 12.1 Å². The second kappa shape index (κ2) is 7.57. The number of hydrogen-bond donors (Lipinski definition) is 3. The number of anilines is 1. The summed E-state index contributed by atoms with van der Waals surface area (Å²) in [5, 5.41) is 2.97. The Balaban J connectivity index is 2.19. The van der Waals surface area contributed by atoms with E-state index in [-0.39, 0.29) is 17.9 Å². The van der Waals surface area contributed by atoms with Crippen LogP contribution in [-0.2, 0) is 11.3 Å². The maximum Gasteiger partial charge on any atom is 0.248 e. The Bertz CT molecular complexity index is 586. The number of carbonyl (C=O) groups is 2. The van der Waals surface area contributed by atoms with Gasteiger partial charge in [-0.15, -0.1) is 0 Å². The van der Waals surface area contributed by atoms with E-state index in [4.69, 9.17) is 11.5 Å². The van der Waals surface area contributed by atoms with Crippen molar-refractivity contribution in [3.63, 3.8) is 0 Å². The molecule has 1 aliphatic rings. The van der Waals surface area contributed by atoms with Crippen LogP contribution in [0.1, 0.15) is 41.6 Å². The lowest BCUT2D eigenvalue weighted by Gasteiger charge is -2.26. The van der Waals surface area contributed by atoms with Crippen LogP contribution in [0.3, 0.4) is 0 Å². The third-order valence-corrected chi connectivity index (χ3v) is 4.22. The van der Waals surface area contributed by atoms with Crippen molar-refractivity contribution in [3.8, 4) is 0 Å². The first kappa shape index (κ1) is 17.4. The van der Waals surface area contributed by atoms with Crippen molar-refractivity contribution in [2.75, 3.05) is 19.4 Å². The van der Waals surface area contributed by atoms with Crippen molar-refractivity contribution >= 4 is 17.5 Å². The zero-order valence-electron chi connectivity index (χ0n) is 13.8. The molecular weight excluding hydrogens is 292 g/mol. The van der Waals surface area contributed by atoms with Crippen LogP contribution in [-0.4, -0.2) is 36.9 Å². The predicted molar refractivity (Wildman–Crippen MR) is 90.9 cm³/mol. The smallest absolute Gasteiger partial charge is 0.248 e. The van der Waals surface area contributed by atoms with Crippen LogP contribution < -0.4 is 16.8 Å². The number of carbonyl (C=O) groups excluding carboxylic acids is 2. The van der Waals surface area contributed by atoms with E-state index < -0.39 is 5.91 Å². The molecule has 1 aliphatic carbocycles. The van der Waals surface area contributed by atoms with Crippen LogP contribution in [0, 0.1) is 5.92 Å². The molecule has 0 spiro atoms. The zero-order chi connectivity index (χ0) is 17.0. The molecule has 126 valence electrons. The molecule has 2 rings (SSSR count). The molecule has 0 saturated heterocycles. The molecule has 1 aromatic rings. The van der Waals surface area contributed by atoms with Crippen LogP contribution in [0.2, 0.25) is 0 Å². The Labute approximate surface area is 137 Å². The number of benzene rings is 1. The molecule has 0 bridgehead atoms. The molecule has 0 radical (unpaired) electrons. The van der Waals surface area contributed by atoms with E-state index in [1.807, 2.05) is 25.1 Å². The standard InChI is InChI=1S/C17H26N4O2/c1-21(2)10-13-7-6-11(16(19)22)9-15(13)20-17(23)12-4-3-5-14(18)8-12/h6-7,9,12,14H,3-5,8,10,18H2,1-2H3,(H2,19,22)(H,20,23). The number of rotatable bonds is 5. The molecule has 0 heterocycles. The predicted octanol–water partition coefficient (Wildman–Crippen LogP) is 1.30. The van der Waals surface area contributed by atoms with Gasteiger partial charge in [0.25, 0.3) is 0 Å². The van der Waals surface area contributed by atoms with E-state index in [2.05, 4.69) is 5.32 Å². The average molecular weight is 318 g/mol. The average Bonchev–Trinajstić information content (AvgIpc) is 2.48. The maximum atomic E-state index is 12.5. The summed E-state index contributed by atoms with van der Waals surface area (Å²) in [4.78, 5) is 25.9. The fourth-order valence-electron chi connectivity index (χ4n) is 3.03. The van der Waals surface area contributed by atoms with Gasteiger partial charge in [-0.2, -0.15) is 0 Å². The Morgan fingerprint density at radius 2 is 2.04 bits per heavy atom. The van der Waals surface area contributed by atoms with E-state index >= 15 is 0 Å². The first-order valence-corrected chi connectivity index (χ1v) is 8.00. The van der Waals surface area contributed by atoms with Crippen LogP contribution >= 0.6 is 0 Å². The second-order valence-corrected chi connectivity index (χ2v) is 6.59. The summed E-state index contributed by atoms with van der Waals surface area (Å²) >= 11 is 0. The summed E-state index contributed by atoms with van der Waals surface area (Å²) in [7, 11) is 3.90. The Hall–Kier alpha value is -1.92. The monoisotopic (exact) mass is 318 g/mol. The van der Waals surface area contributed by atoms with Gasteiger partial charge in [-0.05, 0) is 51.1 Å². The van der Waals surface area contributed by atoms with Crippen LogP contribution in [0.4, 0.5) is 5.69 Å². The fourth-order valence-corrected chi connectivity index (χ4v) is 3.03. The summed E-state index contributed by atoms with van der Waals surface area (Å²) in [5.41, 5.74) is 13.3. The van der Waals surface area contributed by atoms with Crippen molar-refractivity contribution in [2.24, 2.45) is 17.4 Å². The summed E-state index contributed by atoms with van der Waals surface area (Å²) in [6.07, 6.45) is 3.53. The lowest BCUT2D eigenvalue weighted by atomic mass is 9.85. The van der Waals surface area contributed by atoms with Gasteiger partial charge in [-0.3, -0.25) is 9.59 Å². The van der Waals surface area contributed by atoms with Gasteiger partial charge in [0.05, 0.1) is 0 Å². The molecule has 2 amide bonds. The molecule has 0 aromatic heterocycles. The van der Waals surface area contributed by atoms with Crippen LogP contribution in [0.25, 0.3) is 0 Å².